The maximum absolute atomic E-state index is 12.9. The molecule has 2 fully saturated rings. The Morgan fingerprint density at radius 1 is 1.10 bits per heavy atom. The molecule has 0 spiro atoms. The molecule has 7 heteroatoms. The van der Waals surface area contributed by atoms with Crippen LogP contribution in [0.5, 0.6) is 5.75 Å². The molecule has 2 aliphatic carbocycles. The van der Waals surface area contributed by atoms with Crippen LogP contribution in [0.4, 0.5) is 9.18 Å². The second kappa shape index (κ2) is 9.01. The van der Waals surface area contributed by atoms with Crippen molar-refractivity contribution in [3.8, 4) is 5.75 Å². The van der Waals surface area contributed by atoms with Gasteiger partial charge in [-0.2, -0.15) is 0 Å². The van der Waals surface area contributed by atoms with E-state index >= 15 is 0 Å². The van der Waals surface area contributed by atoms with Crippen LogP contribution in [0.25, 0.3) is 0 Å². The first-order valence-corrected chi connectivity index (χ1v) is 10.2. The van der Waals surface area contributed by atoms with Crippen LogP contribution < -0.4 is 10.1 Å². The Balaban J connectivity index is 1.67. The summed E-state index contributed by atoms with van der Waals surface area (Å²) < 4.78 is 28.2. The van der Waals surface area contributed by atoms with Gasteiger partial charge >= 0.3 is 12.1 Å². The van der Waals surface area contributed by atoms with Crippen LogP contribution >= 0.6 is 0 Å². The minimum atomic E-state index is -0.905. The van der Waals surface area contributed by atoms with Gasteiger partial charge in [-0.15, -0.1) is 0 Å². The van der Waals surface area contributed by atoms with Crippen LogP contribution in [-0.2, 0) is 20.7 Å². The molecule has 0 aromatic heterocycles. The molecule has 0 unspecified atom stereocenters. The van der Waals surface area contributed by atoms with Crippen molar-refractivity contribution in [2.75, 3.05) is 6.86 Å². The first-order chi connectivity index (χ1) is 13.7. The summed E-state index contributed by atoms with van der Waals surface area (Å²) >= 11 is 0. The SMILES string of the molecule is CC(C)(C)OC(=O)N[C@@H](Cc1ccc(OC[19F])cc1)C(=O)OC(C1CC1)C1CC1. The fourth-order valence-corrected chi connectivity index (χ4v) is 3.31. The summed E-state index contributed by atoms with van der Waals surface area (Å²) in [7, 11) is 0. The van der Waals surface area contributed by atoms with Crippen LogP contribution in [0.15, 0.2) is 24.3 Å². The zero-order valence-electron chi connectivity index (χ0n) is 17.3. The molecule has 0 saturated heterocycles. The molecular weight excluding hydrogens is 377 g/mol. The number of rotatable bonds is 9. The van der Waals surface area contributed by atoms with Gasteiger partial charge in [0.05, 0.1) is 0 Å². The molecule has 1 N–H and O–H groups in total. The molecule has 29 heavy (non-hydrogen) atoms. The lowest BCUT2D eigenvalue weighted by atomic mass is 10.1. The third-order valence-electron chi connectivity index (χ3n) is 4.99. The molecule has 0 aliphatic heterocycles. The van der Waals surface area contributed by atoms with Gasteiger partial charge in [-0.1, -0.05) is 12.1 Å². The van der Waals surface area contributed by atoms with Crippen LogP contribution in [0, 0.1) is 11.8 Å². The molecule has 1 atom stereocenters. The number of amides is 1. The average molecular weight is 407 g/mol. The molecule has 0 radical (unpaired) electrons. The van der Waals surface area contributed by atoms with E-state index in [1.54, 1.807) is 45.0 Å². The van der Waals surface area contributed by atoms with E-state index in [1.807, 2.05) is 0 Å². The molecular formula is C22H30FNO5. The quantitative estimate of drug-likeness (QED) is 0.622. The standard InChI is InChI=1S/C22H30FNO5/c1-22(2,3)29-21(26)24-18(12-14-4-10-17(11-5-14)27-13-23)20(25)28-19(15-6-7-15)16-8-9-16/h4-5,10-11,15-16,18-19H,6-9,12-13H2,1-3H3,(H,24,26)/t18-/m0/s1/i23+0. The normalized spacial score (nSPS) is 17.6. The van der Waals surface area contributed by atoms with E-state index < -0.39 is 30.6 Å². The lowest BCUT2D eigenvalue weighted by Crippen LogP contribution is -2.46. The fraction of sp³-hybridized carbons (Fsp3) is 0.636. The summed E-state index contributed by atoms with van der Waals surface area (Å²) in [5.74, 6) is 0.860. The predicted octanol–water partition coefficient (Wildman–Crippen LogP) is 4.16. The first kappa shape index (κ1) is 21.4. The van der Waals surface area contributed by atoms with Gasteiger partial charge in [0.1, 0.15) is 23.5 Å². The summed E-state index contributed by atoms with van der Waals surface area (Å²) in [6.45, 7) is 4.39. The second-order valence-electron chi connectivity index (χ2n) is 8.88. The van der Waals surface area contributed by atoms with Gasteiger partial charge in [0.15, 0.2) is 0 Å². The summed E-state index contributed by atoms with van der Waals surface area (Å²) in [5.41, 5.74) is 0.123. The maximum atomic E-state index is 12.9. The number of carbonyl (C=O) groups is 2. The van der Waals surface area contributed by atoms with E-state index in [9.17, 15) is 14.0 Å². The lowest BCUT2D eigenvalue weighted by Gasteiger charge is -2.25. The number of halogens is 1. The van der Waals surface area contributed by atoms with Crippen LogP contribution in [0.2, 0.25) is 0 Å². The number of carbonyl (C=O) groups excluding carboxylic acids is 2. The minimum absolute atomic E-state index is 0.0502. The Hall–Kier alpha value is -2.31. The number of esters is 1. The van der Waals surface area contributed by atoms with Crippen molar-refractivity contribution < 1.29 is 28.2 Å². The Bertz CT molecular complexity index is 695. The summed E-state index contributed by atoms with van der Waals surface area (Å²) in [4.78, 5) is 25.2. The molecule has 2 saturated carbocycles. The molecule has 3 rings (SSSR count). The molecule has 1 aromatic rings. The van der Waals surface area contributed by atoms with E-state index in [0.29, 0.717) is 17.6 Å². The molecule has 2 aliphatic rings. The van der Waals surface area contributed by atoms with E-state index in [1.165, 1.54) is 0 Å². The Kier molecular flexibility index (Phi) is 6.65. The Morgan fingerprint density at radius 3 is 2.17 bits per heavy atom. The molecule has 0 bridgehead atoms. The lowest BCUT2D eigenvalue weighted by molar-refractivity contribution is -0.154. The Morgan fingerprint density at radius 2 is 1.69 bits per heavy atom. The zero-order chi connectivity index (χ0) is 21.0. The van der Waals surface area contributed by atoms with Gasteiger partial charge in [-0.25, -0.2) is 14.0 Å². The van der Waals surface area contributed by atoms with Gasteiger partial charge in [0.2, 0.25) is 6.86 Å². The molecule has 1 amide bonds. The summed E-state index contributed by atoms with van der Waals surface area (Å²) in [6, 6.07) is 5.87. The van der Waals surface area contributed by atoms with Gasteiger partial charge in [-0.05, 0) is 76.0 Å². The van der Waals surface area contributed by atoms with Crippen molar-refractivity contribution >= 4 is 12.1 Å². The number of ether oxygens (including phenoxy) is 3. The van der Waals surface area contributed by atoms with Gasteiger partial charge in [0, 0.05) is 6.42 Å². The van der Waals surface area contributed by atoms with Gasteiger partial charge in [0.25, 0.3) is 0 Å². The summed E-state index contributed by atoms with van der Waals surface area (Å²) in [5, 5.41) is 2.66. The molecule has 1 aromatic carbocycles. The first-order valence-electron chi connectivity index (χ1n) is 10.2. The average Bonchev–Trinajstić information content (AvgIpc) is 3.53. The van der Waals surface area contributed by atoms with Gasteiger partial charge < -0.3 is 19.5 Å². The monoisotopic (exact) mass is 407 g/mol. The highest BCUT2D eigenvalue weighted by Gasteiger charge is 2.45. The molecule has 0 heterocycles. The number of hydrogen-bond donors (Lipinski definition) is 1. The number of alkyl carbamates (subject to hydrolysis) is 1. The predicted molar refractivity (Wildman–Crippen MR) is 105 cm³/mol. The summed E-state index contributed by atoms with van der Waals surface area (Å²) in [6.07, 6.45) is 3.90. The smallest absolute Gasteiger partial charge is 0.408 e. The number of hydrogen-bond acceptors (Lipinski definition) is 5. The van der Waals surface area contributed by atoms with Crippen molar-refractivity contribution in [2.24, 2.45) is 11.8 Å². The molecule has 160 valence electrons. The Labute approximate surface area is 171 Å². The minimum Gasteiger partial charge on any atom is -0.463 e. The topological polar surface area (TPSA) is 73.9 Å². The van der Waals surface area contributed by atoms with E-state index in [-0.39, 0.29) is 12.5 Å². The second-order valence-corrected chi connectivity index (χ2v) is 8.88. The van der Waals surface area contributed by atoms with Crippen LogP contribution in [-0.4, -0.2) is 36.7 Å². The maximum Gasteiger partial charge on any atom is 0.408 e. The number of benzene rings is 1. The van der Waals surface area contributed by atoms with Crippen molar-refractivity contribution in [3.63, 3.8) is 0 Å². The zero-order valence-corrected chi connectivity index (χ0v) is 17.3. The third kappa shape index (κ3) is 6.91. The fourth-order valence-electron chi connectivity index (χ4n) is 3.31. The van der Waals surface area contributed by atoms with Crippen molar-refractivity contribution in [2.45, 2.75) is 70.6 Å². The highest BCUT2D eigenvalue weighted by Crippen LogP contribution is 2.46. The van der Waals surface area contributed by atoms with E-state index in [2.05, 4.69) is 5.32 Å². The van der Waals surface area contributed by atoms with Crippen LogP contribution in [0.3, 0.4) is 0 Å². The van der Waals surface area contributed by atoms with Crippen LogP contribution in [0.1, 0.15) is 52.0 Å². The third-order valence-corrected chi connectivity index (χ3v) is 4.99. The number of alkyl halides is 1. The van der Waals surface area contributed by atoms with Crippen molar-refractivity contribution in [1.29, 1.82) is 0 Å². The van der Waals surface area contributed by atoms with E-state index in [0.717, 1.165) is 31.2 Å². The highest BCUT2D eigenvalue weighted by molar-refractivity contribution is 5.82. The van der Waals surface area contributed by atoms with Gasteiger partial charge in [-0.3, -0.25) is 0 Å². The molecule has 6 nitrogen and oxygen atoms in total. The highest BCUT2D eigenvalue weighted by atomic mass is 19.1. The number of nitrogens with one attached hydrogen (secondary N) is 1. The van der Waals surface area contributed by atoms with E-state index in [4.69, 9.17) is 14.2 Å². The van der Waals surface area contributed by atoms with Crippen molar-refractivity contribution in [3.05, 3.63) is 29.8 Å². The van der Waals surface area contributed by atoms with Crippen molar-refractivity contribution in [1.82, 2.24) is 5.32 Å². The largest absolute Gasteiger partial charge is 0.463 e.